The minimum Gasteiger partial charge on any atom is -0.475 e. The molecule has 6 rings (SSSR count). The van der Waals surface area contributed by atoms with Crippen LogP contribution in [0.3, 0.4) is 0 Å². The van der Waals surface area contributed by atoms with Crippen LogP contribution in [-0.2, 0) is 11.3 Å². The van der Waals surface area contributed by atoms with Gasteiger partial charge in [-0.05, 0) is 42.0 Å². The Kier molecular flexibility index (Phi) is 6.16. The topological polar surface area (TPSA) is 93.3 Å². The second-order valence-corrected chi connectivity index (χ2v) is 9.70. The average Bonchev–Trinajstić information content (AvgIpc) is 3.54. The van der Waals surface area contributed by atoms with Crippen molar-refractivity contribution < 1.29 is 23.1 Å². The van der Waals surface area contributed by atoms with Crippen molar-refractivity contribution in [3.8, 4) is 16.1 Å². The Bertz CT molecular complexity index is 1710. The second-order valence-electron chi connectivity index (χ2n) is 8.21. The zero-order valence-electron chi connectivity index (χ0n) is 19.0. The van der Waals surface area contributed by atoms with Crippen molar-refractivity contribution in [1.82, 2.24) is 19.1 Å². The highest BCUT2D eigenvalue weighted by Gasteiger charge is 2.38. The number of aliphatic carboxylic acids is 1. The maximum atomic E-state index is 13.2. The summed E-state index contributed by atoms with van der Waals surface area (Å²) in [4.78, 5) is 34.6. The number of thiophene rings is 1. The molecular formula is C24H17ClF3N5O3S. The van der Waals surface area contributed by atoms with Gasteiger partial charge in [0, 0.05) is 30.0 Å². The standard InChI is InChI=1S/C22H16ClN5OS.C2HF3O2/c1-26-8-9-27-18-7-6-15(10-16(18)25-22(26)27)28-12-24-17-11-19(30-20(17)21(28)29)13-2-4-14(23)5-3-13;3-2(4,5)1(6)7/h2-7,10-12H,8-9H2,1H3;(H,6,7). The van der Waals surface area contributed by atoms with Crippen LogP contribution in [-0.4, -0.2) is 49.9 Å². The van der Waals surface area contributed by atoms with Crippen molar-refractivity contribution in [2.45, 2.75) is 12.7 Å². The number of carboxylic acid groups (broad SMARTS) is 1. The van der Waals surface area contributed by atoms with Gasteiger partial charge in [0.2, 0.25) is 5.95 Å². The van der Waals surface area contributed by atoms with E-state index in [-0.39, 0.29) is 5.56 Å². The minimum absolute atomic E-state index is 0.0755. The quantitative estimate of drug-likeness (QED) is 0.326. The second kappa shape index (κ2) is 9.20. The van der Waals surface area contributed by atoms with Gasteiger partial charge in [-0.1, -0.05) is 23.7 Å². The lowest BCUT2D eigenvalue weighted by molar-refractivity contribution is -0.192. The molecule has 0 radical (unpaired) electrons. The first-order valence-corrected chi connectivity index (χ1v) is 12.0. The molecule has 37 heavy (non-hydrogen) atoms. The molecule has 190 valence electrons. The summed E-state index contributed by atoms with van der Waals surface area (Å²) in [6.07, 6.45) is -3.49. The fourth-order valence-corrected chi connectivity index (χ4v) is 5.14. The molecule has 0 amide bonds. The van der Waals surface area contributed by atoms with Crippen molar-refractivity contribution in [3.63, 3.8) is 0 Å². The summed E-state index contributed by atoms with van der Waals surface area (Å²) in [5.41, 5.74) is 4.38. The van der Waals surface area contributed by atoms with Crippen LogP contribution in [0.5, 0.6) is 0 Å². The molecule has 2 aromatic carbocycles. The van der Waals surface area contributed by atoms with Crippen LogP contribution in [0.1, 0.15) is 0 Å². The highest BCUT2D eigenvalue weighted by Crippen LogP contribution is 2.32. The number of carboxylic acids is 1. The van der Waals surface area contributed by atoms with E-state index >= 15 is 0 Å². The molecule has 1 N–H and O–H groups in total. The average molecular weight is 548 g/mol. The number of halogens is 4. The number of nitrogens with zero attached hydrogens (tertiary/aromatic N) is 5. The number of fused-ring (bicyclic) bond motifs is 4. The van der Waals surface area contributed by atoms with Crippen LogP contribution in [0.25, 0.3) is 37.4 Å². The molecule has 8 nitrogen and oxygen atoms in total. The predicted molar refractivity (Wildman–Crippen MR) is 136 cm³/mol. The predicted octanol–water partition coefficient (Wildman–Crippen LogP) is 5.20. The van der Waals surface area contributed by atoms with Crippen LogP contribution in [0.15, 0.2) is 59.7 Å². The molecule has 4 heterocycles. The van der Waals surface area contributed by atoms with Crippen molar-refractivity contribution in [2.75, 3.05) is 18.5 Å². The molecule has 5 aromatic rings. The monoisotopic (exact) mass is 547 g/mol. The van der Waals surface area contributed by atoms with E-state index < -0.39 is 12.1 Å². The molecule has 1 aliphatic heterocycles. The number of hydrogen-bond donors (Lipinski definition) is 1. The van der Waals surface area contributed by atoms with E-state index in [2.05, 4.69) is 14.5 Å². The number of rotatable bonds is 2. The summed E-state index contributed by atoms with van der Waals surface area (Å²) in [6.45, 7) is 1.90. The third kappa shape index (κ3) is 4.65. The maximum absolute atomic E-state index is 13.2. The molecule has 0 unspecified atom stereocenters. The highest BCUT2D eigenvalue weighted by molar-refractivity contribution is 7.22. The Morgan fingerprint density at radius 3 is 2.46 bits per heavy atom. The molecule has 0 atom stereocenters. The van der Waals surface area contributed by atoms with Crippen molar-refractivity contribution in [2.24, 2.45) is 0 Å². The molecular weight excluding hydrogens is 531 g/mol. The van der Waals surface area contributed by atoms with Gasteiger partial charge >= 0.3 is 12.1 Å². The van der Waals surface area contributed by atoms with Gasteiger partial charge in [0.05, 0.1) is 22.2 Å². The number of likely N-dealkylation sites (N-methyl/N-ethyl adjacent to an activating group) is 1. The van der Waals surface area contributed by atoms with Crippen LogP contribution in [0, 0.1) is 0 Å². The molecule has 0 bridgehead atoms. The number of anilines is 1. The first-order valence-electron chi connectivity index (χ1n) is 10.8. The molecule has 0 saturated heterocycles. The molecule has 13 heteroatoms. The molecule has 0 saturated carbocycles. The third-order valence-corrected chi connectivity index (χ3v) is 7.21. The van der Waals surface area contributed by atoms with E-state index in [9.17, 15) is 18.0 Å². The van der Waals surface area contributed by atoms with Gasteiger partial charge in [-0.3, -0.25) is 9.36 Å². The van der Waals surface area contributed by atoms with E-state index in [1.165, 1.54) is 11.3 Å². The van der Waals surface area contributed by atoms with Gasteiger partial charge in [0.1, 0.15) is 11.0 Å². The zero-order chi connectivity index (χ0) is 26.5. The van der Waals surface area contributed by atoms with Crippen LogP contribution < -0.4 is 10.5 Å². The van der Waals surface area contributed by atoms with Gasteiger partial charge in [-0.15, -0.1) is 11.3 Å². The molecule has 3 aromatic heterocycles. The van der Waals surface area contributed by atoms with Gasteiger partial charge in [0.15, 0.2) is 0 Å². The minimum atomic E-state index is -5.08. The summed E-state index contributed by atoms with van der Waals surface area (Å²) in [7, 11) is 2.04. The third-order valence-electron chi connectivity index (χ3n) is 5.80. The summed E-state index contributed by atoms with van der Waals surface area (Å²) in [5.74, 6) is -1.79. The zero-order valence-corrected chi connectivity index (χ0v) is 20.6. The van der Waals surface area contributed by atoms with Gasteiger partial charge in [0.25, 0.3) is 5.56 Å². The number of benzene rings is 2. The van der Waals surface area contributed by atoms with E-state index in [4.69, 9.17) is 26.5 Å². The first-order chi connectivity index (χ1) is 17.5. The number of imidazole rings is 1. The summed E-state index contributed by atoms with van der Waals surface area (Å²) in [5, 5.41) is 7.81. The Morgan fingerprint density at radius 2 is 1.78 bits per heavy atom. The smallest absolute Gasteiger partial charge is 0.475 e. The Labute approximate surface area is 215 Å². The van der Waals surface area contributed by atoms with Crippen LogP contribution in [0.2, 0.25) is 5.02 Å². The Balaban J connectivity index is 0.000000355. The number of aromatic nitrogens is 4. The molecule has 1 aliphatic rings. The van der Waals surface area contributed by atoms with Crippen molar-refractivity contribution in [3.05, 3.63) is 70.2 Å². The van der Waals surface area contributed by atoms with E-state index in [1.807, 2.05) is 55.6 Å². The highest BCUT2D eigenvalue weighted by atomic mass is 35.5. The summed E-state index contributed by atoms with van der Waals surface area (Å²) >= 11 is 7.44. The lowest BCUT2D eigenvalue weighted by Crippen LogP contribution is -2.21. The fraction of sp³-hybridized carbons (Fsp3) is 0.167. The number of hydrogen-bond acceptors (Lipinski definition) is 6. The number of alkyl halides is 3. The van der Waals surface area contributed by atoms with Gasteiger partial charge in [-0.25, -0.2) is 14.8 Å². The maximum Gasteiger partial charge on any atom is 0.490 e. The van der Waals surface area contributed by atoms with Gasteiger partial charge in [-0.2, -0.15) is 13.2 Å². The first kappa shape index (κ1) is 24.8. The van der Waals surface area contributed by atoms with Crippen molar-refractivity contribution >= 4 is 56.1 Å². The van der Waals surface area contributed by atoms with E-state index in [1.54, 1.807) is 10.9 Å². The fourth-order valence-electron chi connectivity index (χ4n) is 3.97. The summed E-state index contributed by atoms with van der Waals surface area (Å²) in [6, 6.07) is 15.5. The van der Waals surface area contributed by atoms with E-state index in [0.29, 0.717) is 15.2 Å². The lowest BCUT2D eigenvalue weighted by Gasteiger charge is -2.06. The Morgan fingerprint density at radius 1 is 1.08 bits per heavy atom. The molecule has 0 fully saturated rings. The molecule has 0 aliphatic carbocycles. The lowest BCUT2D eigenvalue weighted by atomic mass is 10.2. The largest absolute Gasteiger partial charge is 0.490 e. The number of carbonyl (C=O) groups is 1. The van der Waals surface area contributed by atoms with E-state index in [0.717, 1.165) is 46.2 Å². The van der Waals surface area contributed by atoms with Crippen LogP contribution >= 0.6 is 22.9 Å². The SMILES string of the molecule is CN1CCn2c1nc1cc(-n3cnc4cc(-c5ccc(Cl)cc5)sc4c3=O)ccc12.O=C(O)C(F)(F)F. The van der Waals surface area contributed by atoms with Gasteiger partial charge < -0.3 is 14.6 Å². The Hall–Kier alpha value is -3.90. The summed E-state index contributed by atoms with van der Waals surface area (Å²) < 4.78 is 36.2. The van der Waals surface area contributed by atoms with Crippen LogP contribution in [0.4, 0.5) is 19.1 Å². The normalized spacial score (nSPS) is 13.1. The van der Waals surface area contributed by atoms with Crippen molar-refractivity contribution in [1.29, 1.82) is 0 Å². The molecule has 0 spiro atoms.